The van der Waals surface area contributed by atoms with Gasteiger partial charge in [-0.3, -0.25) is 0 Å². The predicted octanol–water partition coefficient (Wildman–Crippen LogP) is 4.08. The van der Waals surface area contributed by atoms with E-state index in [-0.39, 0.29) is 11.5 Å². The largest absolute Gasteiger partial charge is 0.525 e. The van der Waals surface area contributed by atoms with Crippen molar-refractivity contribution in [2.75, 3.05) is 0 Å². The van der Waals surface area contributed by atoms with Crippen LogP contribution in [0.3, 0.4) is 0 Å². The van der Waals surface area contributed by atoms with Gasteiger partial charge in [0, 0.05) is 0 Å². The number of hydrogen-bond acceptors (Lipinski definition) is 2. The summed E-state index contributed by atoms with van der Waals surface area (Å²) in [6.07, 6.45) is 1.20. The smallest absolute Gasteiger partial charge is 0.398 e. The third-order valence-electron chi connectivity index (χ3n) is 4.79. The Labute approximate surface area is 124 Å². The molecule has 5 heteroatoms. The van der Waals surface area contributed by atoms with E-state index in [4.69, 9.17) is 9.31 Å². The van der Waals surface area contributed by atoms with Gasteiger partial charge in [-0.05, 0) is 69.4 Å². The molecule has 2 nitrogen and oxygen atoms in total. The first-order valence-corrected chi connectivity index (χ1v) is 7.24. The van der Waals surface area contributed by atoms with Gasteiger partial charge >= 0.3 is 7.12 Å². The number of benzene rings is 1. The van der Waals surface area contributed by atoms with E-state index in [1.807, 2.05) is 27.7 Å². The summed E-state index contributed by atoms with van der Waals surface area (Å²) in [6, 6.07) is 4.47. The van der Waals surface area contributed by atoms with Crippen molar-refractivity contribution >= 4 is 12.7 Å². The van der Waals surface area contributed by atoms with Crippen LogP contribution in [0.5, 0.6) is 0 Å². The van der Waals surface area contributed by atoms with Gasteiger partial charge in [-0.2, -0.15) is 0 Å². The van der Waals surface area contributed by atoms with Gasteiger partial charge in [0.05, 0.1) is 11.2 Å². The van der Waals surface area contributed by atoms with Crippen molar-refractivity contribution in [3.63, 3.8) is 0 Å². The fourth-order valence-electron chi connectivity index (χ4n) is 2.79. The highest BCUT2D eigenvalue weighted by Crippen LogP contribution is 2.42. The lowest BCUT2D eigenvalue weighted by molar-refractivity contribution is 0.00578. The highest BCUT2D eigenvalue weighted by atomic mass is 19.1. The van der Waals surface area contributed by atoms with Gasteiger partial charge in [0.15, 0.2) is 0 Å². The maximum absolute atomic E-state index is 14.8. The van der Waals surface area contributed by atoms with E-state index in [2.05, 4.69) is 0 Å². The Hall–Kier alpha value is -1.20. The zero-order chi connectivity index (χ0) is 15.4. The first-order chi connectivity index (χ1) is 9.71. The van der Waals surface area contributed by atoms with Gasteiger partial charge in [-0.25, -0.2) is 8.78 Å². The molecule has 0 bridgehead atoms. The van der Waals surface area contributed by atoms with Crippen molar-refractivity contribution in [1.29, 1.82) is 0 Å². The van der Waals surface area contributed by atoms with Crippen molar-refractivity contribution in [1.82, 2.24) is 0 Å². The lowest BCUT2D eigenvalue weighted by atomic mass is 9.83. The summed E-state index contributed by atoms with van der Waals surface area (Å²) in [5, 5.41) is 0. The van der Waals surface area contributed by atoms with Crippen molar-refractivity contribution < 1.29 is 18.1 Å². The molecule has 0 saturated carbocycles. The Morgan fingerprint density at radius 1 is 1.10 bits per heavy atom. The maximum Gasteiger partial charge on any atom is 0.525 e. The second kappa shape index (κ2) is 4.65. The number of allylic oxidation sites excluding steroid dienone is 1. The third kappa shape index (κ3) is 2.32. The van der Waals surface area contributed by atoms with Gasteiger partial charge in [-0.1, -0.05) is 6.07 Å². The third-order valence-corrected chi connectivity index (χ3v) is 4.79. The molecule has 2 aliphatic rings. The SMILES string of the molecule is CC1(C)OB(C(F)=C2CCc3cc(F)ccc32)OC1(C)C. The van der Waals surface area contributed by atoms with Gasteiger partial charge in [0.2, 0.25) is 0 Å². The summed E-state index contributed by atoms with van der Waals surface area (Å²) in [5.74, 6) is -0.286. The summed E-state index contributed by atoms with van der Waals surface area (Å²) >= 11 is 0. The molecule has 0 aromatic heterocycles. The van der Waals surface area contributed by atoms with Crippen molar-refractivity contribution in [2.45, 2.75) is 51.7 Å². The molecule has 0 unspecified atom stereocenters. The van der Waals surface area contributed by atoms with Crippen molar-refractivity contribution in [3.8, 4) is 0 Å². The molecule has 112 valence electrons. The van der Waals surface area contributed by atoms with Crippen LogP contribution in [-0.4, -0.2) is 18.3 Å². The summed E-state index contributed by atoms with van der Waals surface area (Å²) < 4.78 is 39.5. The van der Waals surface area contributed by atoms with Crippen LogP contribution in [0.4, 0.5) is 8.78 Å². The van der Waals surface area contributed by atoms with Crippen LogP contribution in [0, 0.1) is 5.82 Å². The van der Waals surface area contributed by atoms with E-state index in [9.17, 15) is 8.78 Å². The normalized spacial score (nSPS) is 25.1. The van der Waals surface area contributed by atoms with E-state index in [1.54, 1.807) is 6.07 Å². The Kier molecular flexibility index (Phi) is 3.26. The van der Waals surface area contributed by atoms with Gasteiger partial charge in [0.25, 0.3) is 0 Å². The Bertz CT molecular complexity index is 607. The minimum atomic E-state index is -0.985. The van der Waals surface area contributed by atoms with Crippen molar-refractivity contribution in [2.24, 2.45) is 0 Å². The summed E-state index contributed by atoms with van der Waals surface area (Å²) in [6.45, 7) is 7.57. The average molecular weight is 292 g/mol. The van der Waals surface area contributed by atoms with Crippen LogP contribution in [-0.2, 0) is 15.7 Å². The lowest BCUT2D eigenvalue weighted by Crippen LogP contribution is -2.41. The van der Waals surface area contributed by atoms with Crippen LogP contribution in [0.2, 0.25) is 0 Å². The van der Waals surface area contributed by atoms with E-state index in [0.29, 0.717) is 18.4 Å². The summed E-state index contributed by atoms with van der Waals surface area (Å²) in [5.41, 5.74) is 0.655. The Morgan fingerprint density at radius 2 is 1.71 bits per heavy atom. The first kappa shape index (κ1) is 14.7. The molecular weight excluding hydrogens is 273 g/mol. The zero-order valence-corrected chi connectivity index (χ0v) is 12.8. The van der Waals surface area contributed by atoms with E-state index >= 15 is 0 Å². The van der Waals surface area contributed by atoms with Crippen LogP contribution in [0.25, 0.3) is 5.57 Å². The number of fused-ring (bicyclic) bond motifs is 1. The number of hydrogen-bond donors (Lipinski definition) is 0. The van der Waals surface area contributed by atoms with E-state index in [0.717, 1.165) is 11.1 Å². The fraction of sp³-hybridized carbons (Fsp3) is 0.500. The zero-order valence-electron chi connectivity index (χ0n) is 12.8. The molecule has 0 atom stereocenters. The predicted molar refractivity (Wildman–Crippen MR) is 78.8 cm³/mol. The van der Waals surface area contributed by atoms with Gasteiger partial charge in [0.1, 0.15) is 11.5 Å². The molecule has 0 radical (unpaired) electrons. The molecule has 1 aliphatic heterocycles. The molecular formula is C16H19BF2O2. The molecule has 1 aliphatic carbocycles. The number of aryl methyl sites for hydroxylation is 1. The molecule has 0 amide bonds. The van der Waals surface area contributed by atoms with E-state index in [1.165, 1.54) is 12.1 Å². The average Bonchev–Trinajstić information content (AvgIpc) is 2.87. The standard InChI is InChI=1S/C16H19BF2O2/c1-15(2)16(3,4)21-17(20-15)14(19)13-7-5-10-9-11(18)6-8-12(10)13/h6,8-9H,5,7H2,1-4H3. The second-order valence-corrected chi connectivity index (χ2v) is 6.72. The highest BCUT2D eigenvalue weighted by Gasteiger charge is 2.53. The fourth-order valence-corrected chi connectivity index (χ4v) is 2.79. The highest BCUT2D eigenvalue weighted by molar-refractivity contribution is 6.55. The molecule has 1 aromatic rings. The molecule has 21 heavy (non-hydrogen) atoms. The van der Waals surface area contributed by atoms with Gasteiger partial charge < -0.3 is 9.31 Å². The minimum absolute atomic E-state index is 0.286. The van der Waals surface area contributed by atoms with Crippen molar-refractivity contribution in [3.05, 3.63) is 40.9 Å². The molecule has 0 N–H and O–H groups in total. The van der Waals surface area contributed by atoms with Crippen LogP contribution in [0.1, 0.15) is 45.2 Å². The quantitative estimate of drug-likeness (QED) is 0.726. The van der Waals surface area contributed by atoms with Crippen LogP contribution < -0.4 is 0 Å². The second-order valence-electron chi connectivity index (χ2n) is 6.72. The minimum Gasteiger partial charge on any atom is -0.398 e. The maximum atomic E-state index is 14.8. The molecule has 1 aromatic carbocycles. The molecule has 1 fully saturated rings. The molecule has 0 spiro atoms. The summed E-state index contributed by atoms with van der Waals surface area (Å²) in [4.78, 5) is 0. The van der Waals surface area contributed by atoms with E-state index < -0.39 is 18.3 Å². The topological polar surface area (TPSA) is 18.5 Å². The monoisotopic (exact) mass is 292 g/mol. The Balaban J connectivity index is 1.96. The molecule has 1 heterocycles. The van der Waals surface area contributed by atoms with Gasteiger partial charge in [-0.15, -0.1) is 0 Å². The first-order valence-electron chi connectivity index (χ1n) is 7.24. The Morgan fingerprint density at radius 3 is 2.33 bits per heavy atom. The van der Waals surface area contributed by atoms with Crippen LogP contribution in [0.15, 0.2) is 23.9 Å². The van der Waals surface area contributed by atoms with Crippen LogP contribution >= 0.6 is 0 Å². The lowest BCUT2D eigenvalue weighted by Gasteiger charge is -2.32. The molecule has 1 saturated heterocycles. The number of rotatable bonds is 1. The number of halogens is 2. The molecule has 3 rings (SSSR count). The summed E-state index contributed by atoms with van der Waals surface area (Å²) in [7, 11) is -0.985.